The third-order valence-corrected chi connectivity index (χ3v) is 7.50. The number of benzene rings is 2. The topological polar surface area (TPSA) is 26.8 Å². The lowest BCUT2D eigenvalue weighted by Crippen LogP contribution is -2.49. The van der Waals surface area contributed by atoms with Crippen LogP contribution in [0.15, 0.2) is 42.5 Å². The maximum absolute atomic E-state index is 13.6. The van der Waals surface area contributed by atoms with Gasteiger partial charge < -0.3 is 4.90 Å². The first kappa shape index (κ1) is 21.4. The number of anilines is 1. The first-order chi connectivity index (χ1) is 15.6. The molecule has 1 amide bonds. The molecule has 4 heteroatoms. The minimum Gasteiger partial charge on any atom is -0.300 e. The number of fused-ring (bicyclic) bond motifs is 1. The summed E-state index contributed by atoms with van der Waals surface area (Å²) in [4.78, 5) is 20.7. The van der Waals surface area contributed by atoms with Gasteiger partial charge in [0.1, 0.15) is 0 Å². The van der Waals surface area contributed by atoms with Gasteiger partial charge in [-0.2, -0.15) is 0 Å². The molecule has 3 aliphatic rings. The number of carbonyl (C=O) groups is 1. The van der Waals surface area contributed by atoms with E-state index >= 15 is 0 Å². The first-order valence-electron chi connectivity index (χ1n) is 12.3. The summed E-state index contributed by atoms with van der Waals surface area (Å²) in [6, 6.07) is 15.4. The molecule has 2 aromatic rings. The SMILES string of the molecule is Cc1ccc(C)c(C=C2C(=O)N(CN3CCC(N4CCCCC4)CC3)c3ccccc32)c1. The predicted molar refractivity (Wildman–Crippen MR) is 133 cm³/mol. The lowest BCUT2D eigenvalue weighted by atomic mass is 10.00. The normalized spacial score (nSPS) is 22.0. The zero-order chi connectivity index (χ0) is 22.1. The molecule has 0 aliphatic carbocycles. The molecule has 0 atom stereocenters. The van der Waals surface area contributed by atoms with Crippen LogP contribution in [0.3, 0.4) is 0 Å². The highest BCUT2D eigenvalue weighted by Gasteiger charge is 2.34. The summed E-state index contributed by atoms with van der Waals surface area (Å²) in [6.07, 6.45) is 8.63. The summed E-state index contributed by atoms with van der Waals surface area (Å²) < 4.78 is 0. The highest BCUT2D eigenvalue weighted by Crippen LogP contribution is 2.38. The van der Waals surface area contributed by atoms with E-state index in [0.29, 0.717) is 6.67 Å². The van der Waals surface area contributed by atoms with Gasteiger partial charge >= 0.3 is 0 Å². The molecule has 0 saturated carbocycles. The van der Waals surface area contributed by atoms with Crippen molar-refractivity contribution in [3.8, 4) is 0 Å². The van der Waals surface area contributed by atoms with E-state index in [-0.39, 0.29) is 5.91 Å². The zero-order valence-corrected chi connectivity index (χ0v) is 19.5. The molecule has 2 saturated heterocycles. The molecule has 3 heterocycles. The standard InChI is InChI=1S/C28H35N3O/c1-21-10-11-22(2)23(18-21)19-26-25-8-4-5-9-27(25)31(28(26)32)20-29-16-12-24(13-17-29)30-14-6-3-7-15-30/h4-5,8-11,18-19,24H,3,6-7,12-17,20H2,1-2H3. The molecule has 0 spiro atoms. The van der Waals surface area contributed by atoms with Crippen molar-refractivity contribution < 1.29 is 4.79 Å². The lowest BCUT2D eigenvalue weighted by Gasteiger charge is -2.41. The largest absolute Gasteiger partial charge is 0.300 e. The Bertz CT molecular complexity index is 1010. The van der Waals surface area contributed by atoms with Crippen LogP contribution >= 0.6 is 0 Å². The molecule has 0 bridgehead atoms. The van der Waals surface area contributed by atoms with Crippen molar-refractivity contribution in [2.75, 3.05) is 37.7 Å². The fraction of sp³-hybridized carbons (Fsp3) is 0.464. The molecular formula is C28H35N3O. The summed E-state index contributed by atoms with van der Waals surface area (Å²) in [5, 5.41) is 0. The monoisotopic (exact) mass is 429 g/mol. The first-order valence-corrected chi connectivity index (χ1v) is 12.3. The summed E-state index contributed by atoms with van der Waals surface area (Å²) in [6.45, 7) is 9.59. The van der Waals surface area contributed by atoms with Crippen LogP contribution in [0.4, 0.5) is 5.69 Å². The van der Waals surface area contributed by atoms with Crippen molar-refractivity contribution in [3.63, 3.8) is 0 Å². The number of carbonyl (C=O) groups excluding carboxylic acids is 1. The fourth-order valence-electron chi connectivity index (χ4n) is 5.57. The maximum Gasteiger partial charge on any atom is 0.260 e. The van der Waals surface area contributed by atoms with Crippen molar-refractivity contribution in [2.45, 2.75) is 52.0 Å². The molecule has 5 rings (SSSR count). The van der Waals surface area contributed by atoms with E-state index in [2.05, 4.69) is 60.1 Å². The number of hydrogen-bond acceptors (Lipinski definition) is 3. The van der Waals surface area contributed by atoms with E-state index in [4.69, 9.17) is 0 Å². The van der Waals surface area contributed by atoms with Crippen LogP contribution in [0.5, 0.6) is 0 Å². The third kappa shape index (κ3) is 4.26. The average molecular weight is 430 g/mol. The number of piperidine rings is 2. The number of amides is 1. The summed E-state index contributed by atoms with van der Waals surface area (Å²) in [5.41, 5.74) is 6.47. The van der Waals surface area contributed by atoms with Crippen LogP contribution in [0, 0.1) is 13.8 Å². The Morgan fingerprint density at radius 1 is 0.938 bits per heavy atom. The fourth-order valence-corrected chi connectivity index (χ4v) is 5.57. The van der Waals surface area contributed by atoms with E-state index in [9.17, 15) is 4.79 Å². The van der Waals surface area contributed by atoms with Gasteiger partial charge in [0.15, 0.2) is 0 Å². The molecule has 0 N–H and O–H groups in total. The molecular weight excluding hydrogens is 394 g/mol. The Morgan fingerprint density at radius 2 is 1.69 bits per heavy atom. The number of aryl methyl sites for hydroxylation is 2. The summed E-state index contributed by atoms with van der Waals surface area (Å²) in [7, 11) is 0. The quantitative estimate of drug-likeness (QED) is 0.633. The second kappa shape index (κ2) is 9.21. The van der Waals surface area contributed by atoms with Gasteiger partial charge in [0.05, 0.1) is 12.4 Å². The Labute approximate surface area is 192 Å². The second-order valence-electron chi connectivity index (χ2n) is 9.76. The van der Waals surface area contributed by atoms with Gasteiger partial charge in [-0.15, -0.1) is 0 Å². The molecule has 3 aliphatic heterocycles. The number of likely N-dealkylation sites (tertiary alicyclic amines) is 2. The number of rotatable bonds is 4. The number of para-hydroxylation sites is 1. The average Bonchev–Trinajstić information content (AvgIpc) is 3.08. The van der Waals surface area contributed by atoms with Crippen LogP contribution < -0.4 is 4.90 Å². The van der Waals surface area contributed by atoms with Gasteiger partial charge in [0.25, 0.3) is 5.91 Å². The highest BCUT2D eigenvalue weighted by molar-refractivity contribution is 6.35. The van der Waals surface area contributed by atoms with Gasteiger partial charge in [0.2, 0.25) is 0 Å². The molecule has 32 heavy (non-hydrogen) atoms. The van der Waals surface area contributed by atoms with E-state index in [1.807, 2.05) is 17.0 Å². The summed E-state index contributed by atoms with van der Waals surface area (Å²) >= 11 is 0. The highest BCUT2D eigenvalue weighted by atomic mass is 16.2. The van der Waals surface area contributed by atoms with Gasteiger partial charge in [0, 0.05) is 30.3 Å². The third-order valence-electron chi connectivity index (χ3n) is 7.50. The van der Waals surface area contributed by atoms with E-state index in [0.717, 1.165) is 41.5 Å². The predicted octanol–water partition coefficient (Wildman–Crippen LogP) is 5.10. The van der Waals surface area contributed by atoms with Crippen molar-refractivity contribution in [1.29, 1.82) is 0 Å². The molecule has 0 unspecified atom stereocenters. The Hall–Kier alpha value is -2.43. The van der Waals surface area contributed by atoms with E-state index in [1.54, 1.807) is 0 Å². The van der Waals surface area contributed by atoms with Crippen molar-refractivity contribution >= 4 is 23.2 Å². The zero-order valence-electron chi connectivity index (χ0n) is 19.5. The Kier molecular flexibility index (Phi) is 6.16. The van der Waals surface area contributed by atoms with Crippen LogP contribution in [0.1, 0.15) is 54.4 Å². The van der Waals surface area contributed by atoms with E-state index < -0.39 is 0 Å². The van der Waals surface area contributed by atoms with Gasteiger partial charge in [-0.25, -0.2) is 0 Å². The lowest BCUT2D eigenvalue weighted by molar-refractivity contribution is -0.113. The second-order valence-corrected chi connectivity index (χ2v) is 9.76. The molecule has 2 fully saturated rings. The molecule has 168 valence electrons. The van der Waals surface area contributed by atoms with Crippen molar-refractivity contribution in [2.24, 2.45) is 0 Å². The van der Waals surface area contributed by atoms with Gasteiger partial charge in [-0.1, -0.05) is 48.4 Å². The van der Waals surface area contributed by atoms with Gasteiger partial charge in [-0.3, -0.25) is 14.6 Å². The van der Waals surface area contributed by atoms with Crippen LogP contribution in [-0.2, 0) is 4.79 Å². The van der Waals surface area contributed by atoms with Crippen molar-refractivity contribution in [3.05, 3.63) is 64.7 Å². The van der Waals surface area contributed by atoms with Gasteiger partial charge in [-0.05, 0) is 75.9 Å². The van der Waals surface area contributed by atoms with Crippen LogP contribution in [0.25, 0.3) is 11.6 Å². The van der Waals surface area contributed by atoms with Crippen LogP contribution in [0.2, 0.25) is 0 Å². The van der Waals surface area contributed by atoms with Crippen LogP contribution in [-0.4, -0.2) is 54.6 Å². The number of hydrogen-bond donors (Lipinski definition) is 0. The molecule has 4 nitrogen and oxygen atoms in total. The van der Waals surface area contributed by atoms with E-state index in [1.165, 1.54) is 56.3 Å². The summed E-state index contributed by atoms with van der Waals surface area (Å²) in [5.74, 6) is 0.130. The molecule has 0 aromatic heterocycles. The Morgan fingerprint density at radius 3 is 2.47 bits per heavy atom. The van der Waals surface area contributed by atoms with Crippen molar-refractivity contribution in [1.82, 2.24) is 9.80 Å². The minimum absolute atomic E-state index is 0.130. The maximum atomic E-state index is 13.6. The number of nitrogens with zero attached hydrogens (tertiary/aromatic N) is 3. The minimum atomic E-state index is 0.130. The molecule has 0 radical (unpaired) electrons. The Balaban J connectivity index is 1.33. The molecule has 2 aromatic carbocycles. The smallest absolute Gasteiger partial charge is 0.260 e.